The Morgan fingerprint density at radius 1 is 1.42 bits per heavy atom. The van der Waals surface area contributed by atoms with Crippen molar-refractivity contribution in [2.24, 2.45) is 5.92 Å². The molecule has 1 heterocycles. The molecule has 1 fully saturated rings. The van der Waals surface area contributed by atoms with E-state index in [0.29, 0.717) is 5.56 Å². The number of amides is 1. The Hall–Kier alpha value is -2.11. The van der Waals surface area contributed by atoms with Gasteiger partial charge < -0.3 is 14.7 Å². The Bertz CT molecular complexity index is 505. The van der Waals surface area contributed by atoms with Gasteiger partial charge in [-0.05, 0) is 17.7 Å². The summed E-state index contributed by atoms with van der Waals surface area (Å²) in [6.45, 7) is 0.288. The molecule has 0 bridgehead atoms. The van der Waals surface area contributed by atoms with Crippen LogP contribution in [0.5, 0.6) is 0 Å². The third kappa shape index (κ3) is 2.67. The van der Waals surface area contributed by atoms with Crippen molar-refractivity contribution in [3.63, 3.8) is 0 Å². The van der Waals surface area contributed by atoms with Crippen molar-refractivity contribution < 1.29 is 23.8 Å². The maximum absolute atomic E-state index is 13.2. The molecule has 6 heteroatoms. The number of nitrogens with zero attached hydrogens (tertiary/aromatic N) is 1. The van der Waals surface area contributed by atoms with Crippen LogP contribution >= 0.6 is 0 Å². The lowest BCUT2D eigenvalue weighted by atomic mass is 9.89. The maximum Gasteiger partial charge on any atom is 0.409 e. The van der Waals surface area contributed by atoms with Crippen LogP contribution in [-0.4, -0.2) is 42.3 Å². The zero-order chi connectivity index (χ0) is 14.0. The van der Waals surface area contributed by atoms with Crippen LogP contribution < -0.4 is 0 Å². The van der Waals surface area contributed by atoms with Gasteiger partial charge in [-0.1, -0.05) is 12.1 Å². The number of ether oxygens (including phenoxy) is 1. The second kappa shape index (κ2) is 5.26. The summed E-state index contributed by atoms with van der Waals surface area (Å²) in [6, 6.07) is 5.81. The molecule has 1 aromatic rings. The third-order valence-corrected chi connectivity index (χ3v) is 3.35. The van der Waals surface area contributed by atoms with E-state index in [2.05, 4.69) is 4.74 Å². The number of carbonyl (C=O) groups excluding carboxylic acids is 1. The normalized spacial score (nSPS) is 22.3. The number of carbonyl (C=O) groups is 2. The number of halogens is 1. The molecule has 2 rings (SSSR count). The first-order valence-corrected chi connectivity index (χ1v) is 5.84. The van der Waals surface area contributed by atoms with E-state index in [9.17, 15) is 19.1 Å². The van der Waals surface area contributed by atoms with Crippen LogP contribution in [0.25, 0.3) is 0 Å². The second-order valence-corrected chi connectivity index (χ2v) is 4.48. The molecule has 2 atom stereocenters. The fraction of sp³-hybridized carbons (Fsp3) is 0.385. The summed E-state index contributed by atoms with van der Waals surface area (Å²) in [6.07, 6.45) is -0.565. The van der Waals surface area contributed by atoms with Gasteiger partial charge in [0.15, 0.2) is 0 Å². The molecule has 0 aromatic heterocycles. The summed E-state index contributed by atoms with van der Waals surface area (Å²) in [4.78, 5) is 24.0. The van der Waals surface area contributed by atoms with Gasteiger partial charge in [-0.3, -0.25) is 4.79 Å². The standard InChI is InChI=1S/C13H14FNO4/c1-19-13(18)15-6-10(11(7-15)12(16)17)8-3-2-4-9(14)5-8/h2-5,10-11H,6-7H2,1H3,(H,16,17)/t10-,11+/m1/s1. The fourth-order valence-electron chi connectivity index (χ4n) is 2.41. The zero-order valence-electron chi connectivity index (χ0n) is 10.4. The molecule has 0 radical (unpaired) electrons. The molecule has 19 heavy (non-hydrogen) atoms. The van der Waals surface area contributed by atoms with E-state index in [0.717, 1.165) is 0 Å². The van der Waals surface area contributed by atoms with Crippen molar-refractivity contribution in [3.05, 3.63) is 35.6 Å². The average Bonchev–Trinajstić information content (AvgIpc) is 2.83. The Balaban J connectivity index is 2.27. The van der Waals surface area contributed by atoms with Gasteiger partial charge in [0.25, 0.3) is 0 Å². The van der Waals surface area contributed by atoms with Gasteiger partial charge >= 0.3 is 12.1 Å². The lowest BCUT2D eigenvalue weighted by molar-refractivity contribution is -0.141. The number of rotatable bonds is 2. The van der Waals surface area contributed by atoms with Crippen molar-refractivity contribution >= 4 is 12.1 Å². The predicted molar refractivity (Wildman–Crippen MR) is 64.2 cm³/mol. The minimum Gasteiger partial charge on any atom is -0.481 e. The summed E-state index contributed by atoms with van der Waals surface area (Å²) in [5.41, 5.74) is 0.582. The number of benzene rings is 1. The molecule has 5 nitrogen and oxygen atoms in total. The number of aliphatic carboxylic acids is 1. The number of carboxylic acids is 1. The predicted octanol–water partition coefficient (Wildman–Crippen LogP) is 1.69. The summed E-state index contributed by atoms with van der Waals surface area (Å²) in [5, 5.41) is 9.21. The van der Waals surface area contributed by atoms with Gasteiger partial charge in [0, 0.05) is 19.0 Å². The smallest absolute Gasteiger partial charge is 0.409 e. The Labute approximate surface area is 109 Å². The van der Waals surface area contributed by atoms with Crippen LogP contribution in [0.2, 0.25) is 0 Å². The molecule has 1 aliphatic heterocycles. The van der Waals surface area contributed by atoms with Gasteiger partial charge in [0.05, 0.1) is 13.0 Å². The average molecular weight is 267 g/mol. The van der Waals surface area contributed by atoms with Crippen LogP contribution in [0.3, 0.4) is 0 Å². The Morgan fingerprint density at radius 2 is 2.16 bits per heavy atom. The molecule has 1 saturated heterocycles. The second-order valence-electron chi connectivity index (χ2n) is 4.48. The molecule has 0 aliphatic carbocycles. The Morgan fingerprint density at radius 3 is 2.74 bits per heavy atom. The monoisotopic (exact) mass is 267 g/mol. The quantitative estimate of drug-likeness (QED) is 0.885. The molecular formula is C13H14FNO4. The molecule has 102 valence electrons. The summed E-state index contributed by atoms with van der Waals surface area (Å²) < 4.78 is 17.8. The summed E-state index contributed by atoms with van der Waals surface area (Å²) >= 11 is 0. The molecule has 0 unspecified atom stereocenters. The minimum absolute atomic E-state index is 0.0726. The lowest BCUT2D eigenvalue weighted by Gasteiger charge is -2.15. The van der Waals surface area contributed by atoms with E-state index in [1.165, 1.54) is 30.2 Å². The summed E-state index contributed by atoms with van der Waals surface area (Å²) in [7, 11) is 1.24. The SMILES string of the molecule is COC(=O)N1C[C@H](C(=O)O)[C@@H](c2cccc(F)c2)C1. The van der Waals surface area contributed by atoms with Gasteiger partial charge in [0.1, 0.15) is 5.82 Å². The van der Waals surface area contributed by atoms with Crippen LogP contribution in [-0.2, 0) is 9.53 Å². The largest absolute Gasteiger partial charge is 0.481 e. The van der Waals surface area contributed by atoms with Crippen molar-refractivity contribution in [1.29, 1.82) is 0 Å². The van der Waals surface area contributed by atoms with Crippen LogP contribution in [0.4, 0.5) is 9.18 Å². The lowest BCUT2D eigenvalue weighted by Crippen LogP contribution is -2.29. The van der Waals surface area contributed by atoms with E-state index < -0.39 is 29.7 Å². The van der Waals surface area contributed by atoms with Crippen molar-refractivity contribution in [3.8, 4) is 0 Å². The molecule has 1 N–H and O–H groups in total. The topological polar surface area (TPSA) is 66.8 Å². The van der Waals surface area contributed by atoms with Crippen LogP contribution in [0, 0.1) is 11.7 Å². The maximum atomic E-state index is 13.2. The van der Waals surface area contributed by atoms with E-state index in [-0.39, 0.29) is 13.1 Å². The summed E-state index contributed by atoms with van der Waals surface area (Å²) in [5.74, 6) is -2.59. The Kier molecular flexibility index (Phi) is 3.69. The molecule has 0 spiro atoms. The minimum atomic E-state index is -0.999. The highest BCUT2D eigenvalue weighted by Crippen LogP contribution is 2.33. The van der Waals surface area contributed by atoms with E-state index in [1.54, 1.807) is 6.07 Å². The van der Waals surface area contributed by atoms with Gasteiger partial charge in [-0.15, -0.1) is 0 Å². The van der Waals surface area contributed by atoms with Crippen LogP contribution in [0.15, 0.2) is 24.3 Å². The first kappa shape index (κ1) is 13.3. The van der Waals surface area contributed by atoms with E-state index >= 15 is 0 Å². The molecule has 1 amide bonds. The number of hydrogen-bond donors (Lipinski definition) is 1. The van der Waals surface area contributed by atoms with E-state index in [1.807, 2.05) is 0 Å². The van der Waals surface area contributed by atoms with Crippen LogP contribution in [0.1, 0.15) is 11.5 Å². The highest BCUT2D eigenvalue weighted by Gasteiger charge is 2.40. The number of methoxy groups -OCH3 is 1. The first-order chi connectivity index (χ1) is 9.02. The molecule has 1 aliphatic rings. The highest BCUT2D eigenvalue weighted by atomic mass is 19.1. The van der Waals surface area contributed by atoms with Gasteiger partial charge in [-0.2, -0.15) is 0 Å². The third-order valence-electron chi connectivity index (χ3n) is 3.35. The van der Waals surface area contributed by atoms with Gasteiger partial charge in [0.2, 0.25) is 0 Å². The molecular weight excluding hydrogens is 253 g/mol. The van der Waals surface area contributed by atoms with Gasteiger partial charge in [-0.25, -0.2) is 9.18 Å². The molecule has 1 aromatic carbocycles. The zero-order valence-corrected chi connectivity index (χ0v) is 10.4. The number of likely N-dealkylation sites (tertiary alicyclic amines) is 1. The highest BCUT2D eigenvalue weighted by molar-refractivity contribution is 5.75. The molecule has 0 saturated carbocycles. The number of hydrogen-bond acceptors (Lipinski definition) is 3. The fourth-order valence-corrected chi connectivity index (χ4v) is 2.41. The van der Waals surface area contributed by atoms with E-state index in [4.69, 9.17) is 0 Å². The van der Waals surface area contributed by atoms with Crippen molar-refractivity contribution in [2.45, 2.75) is 5.92 Å². The number of carboxylic acid groups (broad SMARTS) is 1. The first-order valence-electron chi connectivity index (χ1n) is 5.84. The van der Waals surface area contributed by atoms with Crippen molar-refractivity contribution in [2.75, 3.05) is 20.2 Å². The van der Waals surface area contributed by atoms with Crippen molar-refractivity contribution in [1.82, 2.24) is 4.90 Å².